The topological polar surface area (TPSA) is 925 Å². The number of phosphoric ester groups is 5. The van der Waals surface area contributed by atoms with Crippen molar-refractivity contribution in [1.29, 1.82) is 0 Å². The largest absolute Gasteiger partial charge is 0.472 e. The van der Waals surface area contributed by atoms with Crippen molar-refractivity contribution in [2.45, 2.75) is 166 Å². The Labute approximate surface area is 841 Å². The normalized spacial score (nSPS) is 31.7. The molecule has 0 radical (unpaired) electrons. The number of imidazole rings is 4. The summed E-state index contributed by atoms with van der Waals surface area (Å²) >= 11 is 11.2. The van der Waals surface area contributed by atoms with Crippen LogP contribution in [0.3, 0.4) is 0 Å². The van der Waals surface area contributed by atoms with E-state index in [1.54, 1.807) is 0 Å². The minimum Gasteiger partial charge on any atom is -0.394 e. The number of phosphoric acid groups is 5. The number of H-pyrrole nitrogens is 4. The first kappa shape index (κ1) is 112. The molecule has 818 valence electrons. The van der Waals surface area contributed by atoms with Gasteiger partial charge in [-0.15, -0.1) is 0 Å². The molecule has 17 heterocycles. The summed E-state index contributed by atoms with van der Waals surface area (Å²) in [4.78, 5) is 211. The Morgan fingerprint density at radius 3 is 0.973 bits per heavy atom. The molecular formula is C70H95N24O46P7S2. The molecule has 33 atom stereocenters. The van der Waals surface area contributed by atoms with Crippen molar-refractivity contribution < 1.29 is 187 Å². The fraction of sp³-hybridized carbons (Fsp3) is 0.600. The first-order valence-electron chi connectivity index (χ1n) is 43.5. The summed E-state index contributed by atoms with van der Waals surface area (Å²) in [6.45, 7) is -16.7. The van der Waals surface area contributed by atoms with E-state index in [0.717, 1.165) is 102 Å². The summed E-state index contributed by atoms with van der Waals surface area (Å²) < 4.78 is 236. The number of aromatic amines is 4. The van der Waals surface area contributed by atoms with Crippen LogP contribution in [0.5, 0.6) is 0 Å². The second-order valence-corrected chi connectivity index (χ2v) is 45.7. The van der Waals surface area contributed by atoms with Crippen LogP contribution >= 0.6 is 52.6 Å². The molecule has 79 heteroatoms. The van der Waals surface area contributed by atoms with Crippen molar-refractivity contribution in [3.8, 4) is 0 Å². The van der Waals surface area contributed by atoms with Crippen molar-refractivity contribution in [3.63, 3.8) is 0 Å². The van der Waals surface area contributed by atoms with Crippen LogP contribution in [0, 0.1) is 0 Å². The highest BCUT2D eigenvalue weighted by molar-refractivity contribution is 8.07. The van der Waals surface area contributed by atoms with Gasteiger partial charge >= 0.3 is 63.9 Å². The predicted molar refractivity (Wildman–Crippen MR) is 496 cm³/mol. The molecule has 13 unspecified atom stereocenters. The Bertz CT molecular complexity index is 7250. The van der Waals surface area contributed by atoms with Crippen LogP contribution in [-0.4, -0.2) is 361 Å². The number of aliphatic hydroxyl groups is 1. The standard InChI is InChI=1S/C70H95N24O46P7S2/c1-114-47-41(31(129-61(47)89-11-8-35(96)83-69(89)100)17-124-143(106,107)138-44-32(131-65(50(44)117-4)93-25-81-39-57(93)85-67(73)87-59(39)98)18-125-144(108,109)137-43-29(15-122-141(102,103)120-7)130-63(49(43)116-3)91-23-79-37-53(71)75-21-77-55(37)91)135-142(104,105)123-16-30-42(48(115-2)62(128-30)90-12-9-36(97)84-70(90)101)136-145(110,111)126-19-33-45(51(118-5)66(132-33)94-26-82-40-58(94)86-68(74)88-60(40)99)139-146(112,148)127-20-34-46(140-147(113,149)134-27-10-13-121-28(27)14-95)52(119-6)64(133-34)92-24-80-38-54(72)76-22-78-56(38)92/h8-9,11-12,21-34,41-52,61-66,95H,10,13-20H2,1-7H3,(H,102,103)(H,104,105)(H,106,107)(H,108,109)(H,110,111)(H,112,148)(H,113,149)(H2,71,75,77)(H2,72,76,78)(H,83,96,100)(H,84,97,101)(H3,73,85,87,98)(H3,74,86,88,99)/t27-,28-,29+,30+,31+,32+,33+,34+,41?,42?,43?,44?,45?,46?,47-,48-,49-,50-,51-,52-,61+,62+,63+,64+,65+,66+,146?,147?/m0/s1. The highest BCUT2D eigenvalue weighted by Crippen LogP contribution is 2.60. The SMILES string of the molecule is CO[C@H]1C(OP(=O)(O)OC[C@H]2O[C@@H](n3cnc4c(=O)[nH]c(N)nc43)[C@@H](OC)C2OP(O)(=S)OC[C@H]2O[C@@H](n3cnc4c(N)ncnc43)[C@@H](OC)C2OP(O)(=S)O[C@H]2CCO[C@H]2CO)[C@@H](COP(=O)(O)OC2[C@@H](COP(=O)(O)OC3[C@@H](COP(=O)(O)OC4[C@@H](COP(=O)(O)OC)O[C@@H](n5cnc6c(N)ncnc65)[C@H]4OC)O[C@@H](n4cnc5c(=O)[nH]c(N)nc54)[C@H]3OC)O[C@@H](n3ccc(=O)[nH]c3=O)[C@H]2OC)O[C@H]1n1ccc(=O)[nH]c1=O. The first-order valence-corrected chi connectivity index (χ1v) is 56.1. The number of methoxy groups -OCH3 is 6. The minimum atomic E-state index is -6.00. The van der Waals surface area contributed by atoms with Gasteiger partial charge in [0.25, 0.3) is 22.2 Å². The van der Waals surface area contributed by atoms with Crippen molar-refractivity contribution in [2.24, 2.45) is 0 Å². The molecule has 149 heavy (non-hydrogen) atoms. The zero-order valence-electron chi connectivity index (χ0n) is 77.7. The average Bonchev–Trinajstić information content (AvgIpc) is 1.64. The van der Waals surface area contributed by atoms with E-state index < -0.39 is 304 Å². The Hall–Kier alpha value is -8.59. The van der Waals surface area contributed by atoms with Crippen molar-refractivity contribution in [2.75, 3.05) is 126 Å². The fourth-order valence-corrected chi connectivity index (χ4v) is 25.1. The monoisotopic (exact) mass is 2290 g/mol. The summed E-state index contributed by atoms with van der Waals surface area (Å²) in [5.74, 6) is -0.996. The summed E-state index contributed by atoms with van der Waals surface area (Å²) in [7, 11) is -21.1. The summed E-state index contributed by atoms with van der Waals surface area (Å²) in [6.07, 6.45) is -35.9. The molecule has 7 saturated heterocycles. The van der Waals surface area contributed by atoms with Crippen LogP contribution in [0.2, 0.25) is 0 Å². The van der Waals surface area contributed by atoms with Gasteiger partial charge in [0.15, 0.2) is 82.6 Å². The maximum Gasteiger partial charge on any atom is 0.472 e. The van der Waals surface area contributed by atoms with Crippen LogP contribution in [0.25, 0.3) is 44.7 Å². The number of ether oxygens (including phenoxy) is 13. The molecule has 70 nitrogen and oxygen atoms in total. The number of nitrogens with one attached hydrogen (secondary N) is 4. The van der Waals surface area contributed by atoms with Crippen LogP contribution in [0.4, 0.5) is 23.5 Å². The minimum absolute atomic E-state index is 0.0325. The van der Waals surface area contributed by atoms with Crippen molar-refractivity contribution in [1.82, 2.24) is 97.2 Å². The van der Waals surface area contributed by atoms with E-state index in [9.17, 15) is 86.4 Å². The van der Waals surface area contributed by atoms with Crippen LogP contribution in [0.1, 0.15) is 43.8 Å². The van der Waals surface area contributed by atoms with E-state index in [1.165, 1.54) is 28.9 Å². The molecule has 10 aromatic heterocycles. The number of aromatic nitrogens is 20. The predicted octanol–water partition coefficient (Wildman–Crippen LogP) is -4.00. The van der Waals surface area contributed by atoms with Crippen LogP contribution in [-0.2, 0) is 171 Å². The highest BCUT2D eigenvalue weighted by Gasteiger charge is 2.60. The van der Waals surface area contributed by atoms with Crippen molar-refractivity contribution >= 4 is 144 Å². The zero-order valence-corrected chi connectivity index (χ0v) is 85.5. The lowest BCUT2D eigenvalue weighted by atomic mass is 10.1. The number of nitrogen functional groups attached to an aromatic ring is 4. The Morgan fingerprint density at radius 1 is 0.362 bits per heavy atom. The number of aliphatic hydroxyl groups excluding tert-OH is 1. The maximum absolute atomic E-state index is 15.0. The smallest absolute Gasteiger partial charge is 0.394 e. The third-order valence-corrected chi connectivity index (χ3v) is 32.1. The number of anilines is 4. The molecular weight excluding hydrogens is 2190 g/mol. The summed E-state index contributed by atoms with van der Waals surface area (Å²) in [5, 5.41) is 10.0. The fourth-order valence-electron chi connectivity index (χ4n) is 17.5. The van der Waals surface area contributed by atoms with Crippen molar-refractivity contribution in [3.05, 3.63) is 125 Å². The van der Waals surface area contributed by atoms with E-state index in [2.05, 4.69) is 64.3 Å². The average molecular weight is 2290 g/mol. The van der Waals surface area contributed by atoms with Gasteiger partial charge in [-0.05, 0) is 23.6 Å². The molecule has 17 rings (SSSR count). The van der Waals surface area contributed by atoms with Gasteiger partial charge in [0, 0.05) is 87.3 Å². The highest BCUT2D eigenvalue weighted by atomic mass is 32.5. The molecule has 20 N–H and O–H groups in total. The number of hydrogen-bond donors (Lipinski definition) is 16. The zero-order chi connectivity index (χ0) is 107. The van der Waals surface area contributed by atoms with E-state index in [-0.39, 0.29) is 69.3 Å². The number of nitrogens with two attached hydrogens (primary N) is 4. The van der Waals surface area contributed by atoms with E-state index in [0.29, 0.717) is 9.13 Å². The maximum atomic E-state index is 15.0. The molecule has 0 aliphatic carbocycles. The van der Waals surface area contributed by atoms with Crippen LogP contribution in [0.15, 0.2) is 91.3 Å². The number of nitrogens with zero attached hydrogens (tertiary/aromatic N) is 16. The van der Waals surface area contributed by atoms with Gasteiger partial charge in [0.2, 0.25) is 11.9 Å². The van der Waals surface area contributed by atoms with E-state index in [4.69, 9.17) is 167 Å². The molecule has 0 amide bonds. The van der Waals surface area contributed by atoms with Gasteiger partial charge < -0.3 is 133 Å². The lowest BCUT2D eigenvalue weighted by Crippen LogP contribution is -2.41. The second-order valence-electron chi connectivity index (χ2n) is 33.0. The first-order chi connectivity index (χ1) is 70.7. The lowest BCUT2D eigenvalue weighted by Gasteiger charge is -2.30. The van der Waals surface area contributed by atoms with Gasteiger partial charge in [-0.2, -0.15) is 9.97 Å². The summed E-state index contributed by atoms with van der Waals surface area (Å²) in [5.41, 5.74) is 17.2. The van der Waals surface area contributed by atoms with Gasteiger partial charge in [-0.3, -0.25) is 121 Å². The number of fused-ring (bicyclic) bond motifs is 4. The molecule has 7 fully saturated rings. The molecule has 0 spiro atoms. The van der Waals surface area contributed by atoms with Gasteiger partial charge in [-0.25, -0.2) is 72.3 Å². The Morgan fingerprint density at radius 2 is 0.658 bits per heavy atom. The Balaban J connectivity index is 0.624. The molecule has 7 aliphatic heterocycles. The quantitative estimate of drug-likeness (QED) is 0.0162. The molecule has 0 bridgehead atoms. The Kier molecular flexibility index (Phi) is 33.7. The lowest BCUT2D eigenvalue weighted by molar-refractivity contribution is -0.0678. The second kappa shape index (κ2) is 45.1. The molecule has 7 aliphatic rings. The third kappa shape index (κ3) is 24.0. The molecule has 0 aromatic carbocycles. The molecule has 10 aromatic rings. The van der Waals surface area contributed by atoms with Gasteiger partial charge in [0.05, 0.1) is 77.7 Å². The molecule has 0 saturated carbocycles. The van der Waals surface area contributed by atoms with E-state index in [1.807, 2.05) is 9.97 Å². The number of hydrogen-bond acceptors (Lipinski definition) is 55. The number of rotatable bonds is 46. The van der Waals surface area contributed by atoms with Crippen LogP contribution < -0.4 is 56.6 Å². The van der Waals surface area contributed by atoms with Gasteiger partial charge in [0.1, 0.15) is 140 Å². The third-order valence-electron chi connectivity index (χ3n) is 24.1. The summed E-state index contributed by atoms with van der Waals surface area (Å²) in [6, 6.07) is 1.67. The van der Waals surface area contributed by atoms with E-state index >= 15 is 4.57 Å². The van der Waals surface area contributed by atoms with Gasteiger partial charge in [-0.1, -0.05) is 0 Å².